The molecule has 0 rings (SSSR count). The van der Waals surface area contributed by atoms with Crippen LogP contribution in [0.25, 0.3) is 0 Å². The van der Waals surface area contributed by atoms with E-state index < -0.39 is 6.10 Å². The van der Waals surface area contributed by atoms with Crippen LogP contribution < -0.4 is 5.32 Å². The Morgan fingerprint density at radius 3 is 2.20 bits per heavy atom. The van der Waals surface area contributed by atoms with Crippen LogP contribution in [0.2, 0.25) is 0 Å². The summed E-state index contributed by atoms with van der Waals surface area (Å²) in [5.41, 5.74) is -0.369. The van der Waals surface area contributed by atoms with Crippen LogP contribution >= 0.6 is 0 Å². The maximum atomic E-state index is 11.4. The lowest BCUT2D eigenvalue weighted by Crippen LogP contribution is -2.52. The minimum absolute atomic E-state index is 0.0597. The van der Waals surface area contributed by atoms with E-state index in [1.54, 1.807) is 25.9 Å². The first-order valence-electron chi connectivity index (χ1n) is 5.32. The standard InChI is InChI=1S/C11H24N2O2/c1-8(7-10(15)13(5)6)12-11(3,4)9(2)14/h8-9,12,14H,7H2,1-6H3. The highest BCUT2D eigenvalue weighted by molar-refractivity contribution is 5.76. The second-order valence-electron chi connectivity index (χ2n) is 4.94. The number of carbonyl (C=O) groups excluding carboxylic acids is 1. The number of amides is 1. The SMILES string of the molecule is CC(CC(=O)N(C)C)NC(C)(C)C(C)O. The van der Waals surface area contributed by atoms with Crippen LogP contribution in [0, 0.1) is 0 Å². The van der Waals surface area contributed by atoms with Crippen molar-refractivity contribution in [1.82, 2.24) is 10.2 Å². The molecule has 1 amide bonds. The molecular formula is C11H24N2O2. The third-order valence-electron chi connectivity index (χ3n) is 2.64. The zero-order valence-electron chi connectivity index (χ0n) is 10.7. The molecule has 0 aromatic carbocycles. The van der Waals surface area contributed by atoms with Crippen molar-refractivity contribution in [3.05, 3.63) is 0 Å². The van der Waals surface area contributed by atoms with Crippen LogP contribution in [0.15, 0.2) is 0 Å². The van der Waals surface area contributed by atoms with Gasteiger partial charge in [-0.1, -0.05) is 0 Å². The van der Waals surface area contributed by atoms with Crippen LogP contribution in [0.5, 0.6) is 0 Å². The molecule has 0 heterocycles. The molecule has 0 fully saturated rings. The molecule has 0 radical (unpaired) electrons. The smallest absolute Gasteiger partial charge is 0.223 e. The Balaban J connectivity index is 4.15. The fourth-order valence-electron chi connectivity index (χ4n) is 1.25. The van der Waals surface area contributed by atoms with Gasteiger partial charge in [0.1, 0.15) is 0 Å². The molecule has 0 bridgehead atoms. The van der Waals surface area contributed by atoms with Crippen molar-refractivity contribution in [1.29, 1.82) is 0 Å². The monoisotopic (exact) mass is 216 g/mol. The third-order valence-corrected chi connectivity index (χ3v) is 2.64. The van der Waals surface area contributed by atoms with E-state index in [1.807, 2.05) is 20.8 Å². The molecule has 0 spiro atoms. The maximum Gasteiger partial charge on any atom is 0.223 e. The summed E-state index contributed by atoms with van der Waals surface area (Å²) in [6.07, 6.45) is -0.00205. The van der Waals surface area contributed by atoms with Crippen molar-refractivity contribution >= 4 is 5.91 Å². The summed E-state index contributed by atoms with van der Waals surface area (Å²) in [7, 11) is 3.49. The molecule has 2 unspecified atom stereocenters. The summed E-state index contributed by atoms with van der Waals surface area (Å²) >= 11 is 0. The minimum atomic E-state index is -0.450. The Hall–Kier alpha value is -0.610. The number of nitrogens with one attached hydrogen (secondary N) is 1. The van der Waals surface area contributed by atoms with Crippen molar-refractivity contribution in [2.24, 2.45) is 0 Å². The fourth-order valence-corrected chi connectivity index (χ4v) is 1.25. The van der Waals surface area contributed by atoms with Crippen LogP contribution in [0.1, 0.15) is 34.1 Å². The Labute approximate surface area is 92.7 Å². The normalized spacial score (nSPS) is 15.9. The zero-order valence-corrected chi connectivity index (χ0v) is 10.7. The first kappa shape index (κ1) is 14.4. The van der Waals surface area contributed by atoms with Gasteiger partial charge in [0.05, 0.1) is 6.10 Å². The first-order valence-corrected chi connectivity index (χ1v) is 5.32. The topological polar surface area (TPSA) is 52.6 Å². The van der Waals surface area contributed by atoms with Gasteiger partial charge in [0.25, 0.3) is 0 Å². The second kappa shape index (κ2) is 5.47. The highest BCUT2D eigenvalue weighted by Crippen LogP contribution is 2.10. The summed E-state index contributed by atoms with van der Waals surface area (Å²) in [6, 6.07) is 0.0597. The average molecular weight is 216 g/mol. The fraction of sp³-hybridized carbons (Fsp3) is 0.909. The van der Waals surface area contributed by atoms with Gasteiger partial charge in [0.15, 0.2) is 0 Å². The number of aliphatic hydroxyl groups excluding tert-OH is 1. The van der Waals surface area contributed by atoms with E-state index in [9.17, 15) is 9.90 Å². The number of hydrogen-bond donors (Lipinski definition) is 2. The van der Waals surface area contributed by atoms with Gasteiger partial charge in [-0.05, 0) is 27.7 Å². The van der Waals surface area contributed by atoms with E-state index in [-0.39, 0.29) is 17.5 Å². The number of nitrogens with zero attached hydrogens (tertiary/aromatic N) is 1. The first-order chi connectivity index (χ1) is 6.66. The van der Waals surface area contributed by atoms with Crippen LogP contribution in [0.4, 0.5) is 0 Å². The molecule has 2 atom stereocenters. The second-order valence-corrected chi connectivity index (χ2v) is 4.94. The average Bonchev–Trinajstić information content (AvgIpc) is 2.01. The number of rotatable bonds is 5. The molecule has 0 aliphatic carbocycles. The highest BCUT2D eigenvalue weighted by atomic mass is 16.3. The lowest BCUT2D eigenvalue weighted by Gasteiger charge is -2.33. The predicted octanol–water partition coefficient (Wildman–Crippen LogP) is 0.602. The predicted molar refractivity (Wildman–Crippen MR) is 61.7 cm³/mol. The highest BCUT2D eigenvalue weighted by Gasteiger charge is 2.26. The molecule has 0 saturated heterocycles. The summed E-state index contributed by atoms with van der Waals surface area (Å²) < 4.78 is 0. The Kier molecular flexibility index (Phi) is 5.24. The van der Waals surface area contributed by atoms with E-state index in [0.29, 0.717) is 6.42 Å². The van der Waals surface area contributed by atoms with Crippen LogP contribution in [0.3, 0.4) is 0 Å². The van der Waals surface area contributed by atoms with Gasteiger partial charge in [0, 0.05) is 32.1 Å². The van der Waals surface area contributed by atoms with Crippen molar-refractivity contribution in [2.75, 3.05) is 14.1 Å². The van der Waals surface area contributed by atoms with Gasteiger partial charge in [-0.2, -0.15) is 0 Å². The van der Waals surface area contributed by atoms with Gasteiger partial charge in [-0.3, -0.25) is 4.79 Å². The van der Waals surface area contributed by atoms with E-state index in [1.165, 1.54) is 0 Å². The molecule has 0 aliphatic rings. The van der Waals surface area contributed by atoms with E-state index >= 15 is 0 Å². The van der Waals surface area contributed by atoms with Gasteiger partial charge >= 0.3 is 0 Å². The molecule has 90 valence electrons. The molecule has 0 saturated carbocycles. The molecule has 4 nitrogen and oxygen atoms in total. The lowest BCUT2D eigenvalue weighted by atomic mass is 9.97. The Bertz CT molecular complexity index is 213. The van der Waals surface area contributed by atoms with Crippen LogP contribution in [-0.2, 0) is 4.79 Å². The molecule has 4 heteroatoms. The summed E-state index contributed by atoms with van der Waals surface area (Å²) in [5, 5.41) is 12.8. The van der Waals surface area contributed by atoms with Gasteiger partial charge in [-0.15, -0.1) is 0 Å². The molecule has 2 N–H and O–H groups in total. The summed E-state index contributed by atoms with van der Waals surface area (Å²) in [4.78, 5) is 13.0. The number of hydrogen-bond acceptors (Lipinski definition) is 3. The van der Waals surface area contributed by atoms with Gasteiger partial charge < -0.3 is 15.3 Å². The molecule has 0 aliphatic heterocycles. The quantitative estimate of drug-likeness (QED) is 0.707. The van der Waals surface area contributed by atoms with E-state index in [2.05, 4.69) is 5.32 Å². The molecule has 0 aromatic heterocycles. The number of aliphatic hydroxyl groups is 1. The molecule has 0 aromatic rings. The largest absolute Gasteiger partial charge is 0.392 e. The summed E-state index contributed by atoms with van der Waals surface area (Å²) in [6.45, 7) is 7.54. The van der Waals surface area contributed by atoms with Crippen molar-refractivity contribution in [3.63, 3.8) is 0 Å². The van der Waals surface area contributed by atoms with Crippen molar-refractivity contribution in [2.45, 2.75) is 51.8 Å². The van der Waals surface area contributed by atoms with Gasteiger partial charge in [-0.25, -0.2) is 0 Å². The molecule has 15 heavy (non-hydrogen) atoms. The third kappa shape index (κ3) is 5.14. The maximum absolute atomic E-state index is 11.4. The Morgan fingerprint density at radius 1 is 1.40 bits per heavy atom. The van der Waals surface area contributed by atoms with E-state index in [4.69, 9.17) is 0 Å². The lowest BCUT2D eigenvalue weighted by molar-refractivity contribution is -0.129. The summed E-state index contributed by atoms with van der Waals surface area (Å²) in [5.74, 6) is 0.0939. The van der Waals surface area contributed by atoms with Crippen molar-refractivity contribution in [3.8, 4) is 0 Å². The molecular weight excluding hydrogens is 192 g/mol. The van der Waals surface area contributed by atoms with Gasteiger partial charge in [0.2, 0.25) is 5.91 Å². The van der Waals surface area contributed by atoms with Crippen LogP contribution in [-0.4, -0.2) is 47.7 Å². The van der Waals surface area contributed by atoms with E-state index in [0.717, 1.165) is 0 Å². The number of carbonyl (C=O) groups is 1. The van der Waals surface area contributed by atoms with Crippen molar-refractivity contribution < 1.29 is 9.90 Å². The minimum Gasteiger partial charge on any atom is -0.392 e. The zero-order chi connectivity index (χ0) is 12.2. The Morgan fingerprint density at radius 2 is 1.87 bits per heavy atom.